The summed E-state index contributed by atoms with van der Waals surface area (Å²) >= 11 is 0. The number of hydrogen-bond donors (Lipinski definition) is 1. The minimum Gasteiger partial charge on any atom is -0.496 e. The number of amides is 1. The summed E-state index contributed by atoms with van der Waals surface area (Å²) in [6.07, 6.45) is 7.95. The number of carbonyl (C=O) groups is 1. The van der Waals surface area contributed by atoms with E-state index in [0.29, 0.717) is 18.9 Å². The third kappa shape index (κ3) is 4.12. The number of allylic oxidation sites excluding steroid dienone is 2. The Morgan fingerprint density at radius 1 is 1.42 bits per heavy atom. The molecule has 0 radical (unpaired) electrons. The van der Waals surface area contributed by atoms with Gasteiger partial charge in [0, 0.05) is 13.0 Å². The highest BCUT2D eigenvalue weighted by Crippen LogP contribution is 2.20. The zero-order valence-electron chi connectivity index (χ0n) is 11.4. The minimum atomic E-state index is 0.145. The molecule has 1 aromatic carbocycles. The fourth-order valence-electron chi connectivity index (χ4n) is 2.42. The minimum absolute atomic E-state index is 0.145. The van der Waals surface area contributed by atoms with Gasteiger partial charge in [0.2, 0.25) is 5.91 Å². The Morgan fingerprint density at radius 3 is 3.00 bits per heavy atom. The van der Waals surface area contributed by atoms with E-state index in [1.165, 1.54) is 0 Å². The Balaban J connectivity index is 1.73. The van der Waals surface area contributed by atoms with Crippen molar-refractivity contribution in [2.24, 2.45) is 5.92 Å². The third-order valence-electron chi connectivity index (χ3n) is 3.47. The standard InChI is InChI=1S/C16H21NO2/c1-19-15-9-5-4-8-14(15)10-11-17-16(18)12-13-6-2-3-7-13/h2,4-6,8-9,13H,3,7,10-12H2,1H3,(H,17,18). The molecule has 0 bridgehead atoms. The largest absolute Gasteiger partial charge is 0.496 e. The first-order valence-electron chi connectivity index (χ1n) is 6.85. The highest BCUT2D eigenvalue weighted by molar-refractivity contribution is 5.76. The number of hydrogen-bond acceptors (Lipinski definition) is 2. The monoisotopic (exact) mass is 259 g/mol. The Labute approximate surface area is 114 Å². The molecule has 0 aliphatic heterocycles. The summed E-state index contributed by atoms with van der Waals surface area (Å²) in [5.41, 5.74) is 1.13. The maximum atomic E-state index is 11.8. The fourth-order valence-corrected chi connectivity index (χ4v) is 2.42. The molecule has 2 rings (SSSR count). The zero-order chi connectivity index (χ0) is 13.5. The Morgan fingerprint density at radius 2 is 2.26 bits per heavy atom. The average molecular weight is 259 g/mol. The highest BCUT2D eigenvalue weighted by atomic mass is 16.5. The van der Waals surface area contributed by atoms with Crippen molar-refractivity contribution < 1.29 is 9.53 Å². The second-order valence-electron chi connectivity index (χ2n) is 4.88. The van der Waals surface area contributed by atoms with Crippen LogP contribution in [-0.4, -0.2) is 19.6 Å². The molecular weight excluding hydrogens is 238 g/mol. The topological polar surface area (TPSA) is 38.3 Å². The summed E-state index contributed by atoms with van der Waals surface area (Å²) in [4.78, 5) is 11.8. The van der Waals surface area contributed by atoms with Crippen molar-refractivity contribution in [1.29, 1.82) is 0 Å². The van der Waals surface area contributed by atoms with Crippen LogP contribution in [0.5, 0.6) is 5.75 Å². The van der Waals surface area contributed by atoms with Gasteiger partial charge in [-0.1, -0.05) is 30.4 Å². The number of para-hydroxylation sites is 1. The normalized spacial score (nSPS) is 17.4. The molecule has 102 valence electrons. The van der Waals surface area contributed by atoms with E-state index in [4.69, 9.17) is 4.74 Å². The van der Waals surface area contributed by atoms with E-state index in [1.54, 1.807) is 7.11 Å². The second-order valence-corrected chi connectivity index (χ2v) is 4.88. The number of nitrogens with one attached hydrogen (secondary N) is 1. The Kier molecular flexibility index (Phi) is 5.01. The first kappa shape index (κ1) is 13.7. The van der Waals surface area contributed by atoms with E-state index in [9.17, 15) is 4.79 Å². The van der Waals surface area contributed by atoms with Gasteiger partial charge in [-0.05, 0) is 36.8 Å². The Bertz CT molecular complexity index is 454. The first-order chi connectivity index (χ1) is 9.29. The van der Waals surface area contributed by atoms with Gasteiger partial charge in [-0.15, -0.1) is 0 Å². The number of rotatable bonds is 6. The quantitative estimate of drug-likeness (QED) is 0.798. The molecule has 1 amide bonds. The van der Waals surface area contributed by atoms with Gasteiger partial charge in [-0.25, -0.2) is 0 Å². The summed E-state index contributed by atoms with van der Waals surface area (Å²) < 4.78 is 5.29. The lowest BCUT2D eigenvalue weighted by atomic mass is 10.0. The van der Waals surface area contributed by atoms with Gasteiger partial charge < -0.3 is 10.1 Å². The number of carbonyl (C=O) groups excluding carboxylic acids is 1. The van der Waals surface area contributed by atoms with Crippen LogP contribution in [0.3, 0.4) is 0 Å². The highest BCUT2D eigenvalue weighted by Gasteiger charge is 2.13. The van der Waals surface area contributed by atoms with Crippen molar-refractivity contribution in [3.8, 4) is 5.75 Å². The van der Waals surface area contributed by atoms with Crippen LogP contribution in [0.15, 0.2) is 36.4 Å². The van der Waals surface area contributed by atoms with E-state index in [0.717, 1.165) is 30.6 Å². The van der Waals surface area contributed by atoms with Crippen LogP contribution in [0.25, 0.3) is 0 Å². The molecule has 1 aliphatic rings. The lowest BCUT2D eigenvalue weighted by Gasteiger charge is -2.10. The molecule has 1 unspecified atom stereocenters. The molecule has 1 aliphatic carbocycles. The van der Waals surface area contributed by atoms with Gasteiger partial charge >= 0.3 is 0 Å². The summed E-state index contributed by atoms with van der Waals surface area (Å²) in [6, 6.07) is 7.92. The number of methoxy groups -OCH3 is 1. The van der Waals surface area contributed by atoms with Crippen LogP contribution >= 0.6 is 0 Å². The molecule has 0 saturated heterocycles. The molecule has 0 spiro atoms. The van der Waals surface area contributed by atoms with Crippen LogP contribution < -0.4 is 10.1 Å². The average Bonchev–Trinajstić information content (AvgIpc) is 2.92. The van der Waals surface area contributed by atoms with E-state index >= 15 is 0 Å². The van der Waals surface area contributed by atoms with E-state index in [2.05, 4.69) is 17.5 Å². The fraction of sp³-hybridized carbons (Fsp3) is 0.438. The van der Waals surface area contributed by atoms with Gasteiger partial charge in [-0.3, -0.25) is 4.79 Å². The SMILES string of the molecule is COc1ccccc1CCNC(=O)CC1C=CCC1. The van der Waals surface area contributed by atoms with Gasteiger partial charge in [0.05, 0.1) is 7.11 Å². The van der Waals surface area contributed by atoms with Crippen molar-refractivity contribution in [2.75, 3.05) is 13.7 Å². The molecule has 0 aromatic heterocycles. The second kappa shape index (κ2) is 6.98. The van der Waals surface area contributed by atoms with Crippen LogP contribution in [0.1, 0.15) is 24.8 Å². The van der Waals surface area contributed by atoms with Crippen molar-refractivity contribution >= 4 is 5.91 Å². The summed E-state index contributed by atoms with van der Waals surface area (Å²) in [5.74, 6) is 1.47. The summed E-state index contributed by atoms with van der Waals surface area (Å²) in [6.45, 7) is 0.662. The molecule has 1 aromatic rings. The van der Waals surface area contributed by atoms with Crippen molar-refractivity contribution in [3.05, 3.63) is 42.0 Å². The number of ether oxygens (including phenoxy) is 1. The van der Waals surface area contributed by atoms with Gasteiger partial charge in [0.15, 0.2) is 0 Å². The van der Waals surface area contributed by atoms with E-state index in [-0.39, 0.29) is 5.91 Å². The zero-order valence-corrected chi connectivity index (χ0v) is 11.4. The predicted octanol–water partition coefficient (Wildman–Crippen LogP) is 2.71. The Hall–Kier alpha value is -1.77. The van der Waals surface area contributed by atoms with Gasteiger partial charge in [0.1, 0.15) is 5.75 Å². The van der Waals surface area contributed by atoms with E-state index in [1.807, 2.05) is 24.3 Å². The van der Waals surface area contributed by atoms with Gasteiger partial charge in [-0.2, -0.15) is 0 Å². The molecule has 3 nitrogen and oxygen atoms in total. The maximum Gasteiger partial charge on any atom is 0.220 e. The van der Waals surface area contributed by atoms with Crippen LogP contribution in [0.2, 0.25) is 0 Å². The van der Waals surface area contributed by atoms with Crippen LogP contribution in [0.4, 0.5) is 0 Å². The van der Waals surface area contributed by atoms with Crippen molar-refractivity contribution in [2.45, 2.75) is 25.7 Å². The predicted molar refractivity (Wildman–Crippen MR) is 76.2 cm³/mol. The molecule has 19 heavy (non-hydrogen) atoms. The molecule has 1 atom stereocenters. The smallest absolute Gasteiger partial charge is 0.220 e. The third-order valence-corrected chi connectivity index (χ3v) is 3.47. The number of benzene rings is 1. The van der Waals surface area contributed by atoms with E-state index < -0.39 is 0 Å². The van der Waals surface area contributed by atoms with Crippen molar-refractivity contribution in [3.63, 3.8) is 0 Å². The van der Waals surface area contributed by atoms with Crippen LogP contribution in [-0.2, 0) is 11.2 Å². The molecule has 3 heteroatoms. The summed E-state index contributed by atoms with van der Waals surface area (Å²) in [7, 11) is 1.67. The van der Waals surface area contributed by atoms with Crippen molar-refractivity contribution in [1.82, 2.24) is 5.32 Å². The van der Waals surface area contributed by atoms with Crippen LogP contribution in [0, 0.1) is 5.92 Å². The molecule has 0 fully saturated rings. The maximum absolute atomic E-state index is 11.8. The molecular formula is C16H21NO2. The molecule has 0 saturated carbocycles. The molecule has 1 N–H and O–H groups in total. The first-order valence-corrected chi connectivity index (χ1v) is 6.85. The lowest BCUT2D eigenvalue weighted by Crippen LogP contribution is -2.27. The molecule has 0 heterocycles. The van der Waals surface area contributed by atoms with Gasteiger partial charge in [0.25, 0.3) is 0 Å². The lowest BCUT2D eigenvalue weighted by molar-refractivity contribution is -0.121. The summed E-state index contributed by atoms with van der Waals surface area (Å²) in [5, 5.41) is 2.98.